The Morgan fingerprint density at radius 1 is 1.32 bits per heavy atom. The Bertz CT molecular complexity index is 308. The molecule has 2 aliphatic heterocycles. The number of carbonyl (C=O) groups excluding carboxylic acids is 1. The molecule has 2 N–H and O–H groups in total. The molecule has 4 nitrogen and oxygen atoms in total. The van der Waals surface area contributed by atoms with Crippen molar-refractivity contribution in [2.45, 2.75) is 77.0 Å². The summed E-state index contributed by atoms with van der Waals surface area (Å²) >= 11 is 0. The number of hydrogen-bond donors (Lipinski definition) is 2. The predicted octanol–water partition coefficient (Wildman–Crippen LogP) is 1.51. The lowest BCUT2D eigenvalue weighted by Gasteiger charge is -2.36. The second-order valence-electron chi connectivity index (χ2n) is 6.26. The van der Waals surface area contributed by atoms with E-state index < -0.39 is 0 Å². The second-order valence-corrected chi connectivity index (χ2v) is 6.26. The van der Waals surface area contributed by atoms with Crippen molar-refractivity contribution in [2.75, 3.05) is 13.1 Å². The molecule has 0 bridgehead atoms. The lowest BCUT2D eigenvalue weighted by molar-refractivity contribution is -0.123. The van der Waals surface area contributed by atoms with Crippen LogP contribution >= 0.6 is 0 Å². The van der Waals surface area contributed by atoms with Gasteiger partial charge in [0.1, 0.15) is 0 Å². The fraction of sp³-hybridized carbons (Fsp3) is 0.933. The quantitative estimate of drug-likeness (QED) is 0.793. The Morgan fingerprint density at radius 3 is 2.84 bits per heavy atom. The summed E-state index contributed by atoms with van der Waals surface area (Å²) in [6, 6.07) is 1.47. The molecule has 0 spiro atoms. The number of carbonyl (C=O) groups is 1. The molecule has 2 saturated heterocycles. The number of piperidine rings is 1. The SMILES string of the molecule is CCC(C)NC(=O)C(C)NC1CCN2CCCC2C1. The monoisotopic (exact) mass is 267 g/mol. The highest BCUT2D eigenvalue weighted by Crippen LogP contribution is 2.26. The van der Waals surface area contributed by atoms with Crippen LogP contribution in [-0.4, -0.2) is 48.1 Å². The summed E-state index contributed by atoms with van der Waals surface area (Å²) in [4.78, 5) is 14.6. The third-order valence-corrected chi connectivity index (χ3v) is 4.70. The van der Waals surface area contributed by atoms with Crippen molar-refractivity contribution in [2.24, 2.45) is 0 Å². The second kappa shape index (κ2) is 6.71. The molecule has 0 radical (unpaired) electrons. The van der Waals surface area contributed by atoms with E-state index in [0.717, 1.165) is 12.5 Å². The maximum atomic E-state index is 12.0. The van der Waals surface area contributed by atoms with E-state index in [1.807, 2.05) is 6.92 Å². The van der Waals surface area contributed by atoms with Gasteiger partial charge in [0.15, 0.2) is 0 Å². The first-order valence-electron chi connectivity index (χ1n) is 7.90. The van der Waals surface area contributed by atoms with Crippen LogP contribution in [0.25, 0.3) is 0 Å². The van der Waals surface area contributed by atoms with Gasteiger partial charge in [-0.15, -0.1) is 0 Å². The molecule has 19 heavy (non-hydrogen) atoms. The highest BCUT2D eigenvalue weighted by Gasteiger charge is 2.32. The molecule has 110 valence electrons. The molecule has 0 aromatic carbocycles. The molecule has 0 aliphatic carbocycles. The Hall–Kier alpha value is -0.610. The molecule has 4 heteroatoms. The van der Waals surface area contributed by atoms with Crippen LogP contribution in [0.4, 0.5) is 0 Å². The van der Waals surface area contributed by atoms with E-state index in [0.29, 0.717) is 6.04 Å². The molecule has 0 aromatic heterocycles. The molecule has 2 aliphatic rings. The molecular formula is C15H29N3O. The van der Waals surface area contributed by atoms with Crippen LogP contribution in [0.15, 0.2) is 0 Å². The third-order valence-electron chi connectivity index (χ3n) is 4.70. The van der Waals surface area contributed by atoms with E-state index in [9.17, 15) is 4.79 Å². The van der Waals surface area contributed by atoms with Gasteiger partial charge in [0, 0.05) is 18.1 Å². The first-order valence-corrected chi connectivity index (χ1v) is 7.90. The molecule has 0 aromatic rings. The van der Waals surface area contributed by atoms with E-state index in [2.05, 4.69) is 29.4 Å². The smallest absolute Gasteiger partial charge is 0.237 e. The van der Waals surface area contributed by atoms with Crippen LogP contribution < -0.4 is 10.6 Å². The number of nitrogens with zero attached hydrogens (tertiary/aromatic N) is 1. The fourth-order valence-corrected chi connectivity index (χ4v) is 3.27. The number of nitrogens with one attached hydrogen (secondary N) is 2. The first-order chi connectivity index (χ1) is 9.10. The highest BCUT2D eigenvalue weighted by molar-refractivity contribution is 5.81. The van der Waals surface area contributed by atoms with Gasteiger partial charge in [0.2, 0.25) is 5.91 Å². The summed E-state index contributed by atoms with van der Waals surface area (Å²) in [6.45, 7) is 8.61. The zero-order valence-electron chi connectivity index (χ0n) is 12.6. The average molecular weight is 267 g/mol. The van der Waals surface area contributed by atoms with Crippen molar-refractivity contribution in [1.82, 2.24) is 15.5 Å². The summed E-state index contributed by atoms with van der Waals surface area (Å²) in [5.74, 6) is 0.142. The minimum absolute atomic E-state index is 0.0769. The summed E-state index contributed by atoms with van der Waals surface area (Å²) in [6.07, 6.45) is 6.06. The van der Waals surface area contributed by atoms with Gasteiger partial charge in [0.25, 0.3) is 0 Å². The minimum Gasteiger partial charge on any atom is -0.352 e. The summed E-state index contributed by atoms with van der Waals surface area (Å²) in [5.41, 5.74) is 0. The van der Waals surface area contributed by atoms with Crippen molar-refractivity contribution >= 4 is 5.91 Å². The van der Waals surface area contributed by atoms with Crippen molar-refractivity contribution < 1.29 is 4.79 Å². The third kappa shape index (κ3) is 3.93. The highest BCUT2D eigenvalue weighted by atomic mass is 16.2. The maximum absolute atomic E-state index is 12.0. The summed E-state index contributed by atoms with van der Waals surface area (Å²) in [7, 11) is 0. The molecule has 1 amide bonds. The van der Waals surface area contributed by atoms with E-state index >= 15 is 0 Å². The standard InChI is InChI=1S/C15H29N3O/c1-4-11(2)16-15(19)12(3)17-13-7-9-18-8-5-6-14(18)10-13/h11-14,17H,4-10H2,1-3H3,(H,16,19). The van der Waals surface area contributed by atoms with Gasteiger partial charge in [0.05, 0.1) is 6.04 Å². The van der Waals surface area contributed by atoms with Gasteiger partial charge in [-0.2, -0.15) is 0 Å². The normalized spacial score (nSPS) is 30.7. The largest absolute Gasteiger partial charge is 0.352 e. The van der Waals surface area contributed by atoms with Crippen molar-refractivity contribution in [3.63, 3.8) is 0 Å². The molecule has 4 atom stereocenters. The molecular weight excluding hydrogens is 238 g/mol. The zero-order valence-corrected chi connectivity index (χ0v) is 12.6. The van der Waals surface area contributed by atoms with Gasteiger partial charge in [-0.3, -0.25) is 4.79 Å². The zero-order chi connectivity index (χ0) is 13.8. The average Bonchev–Trinajstić information content (AvgIpc) is 2.85. The van der Waals surface area contributed by atoms with Crippen LogP contribution in [-0.2, 0) is 4.79 Å². The van der Waals surface area contributed by atoms with Gasteiger partial charge >= 0.3 is 0 Å². The van der Waals surface area contributed by atoms with Crippen LogP contribution in [0.5, 0.6) is 0 Å². The first kappa shape index (κ1) is 14.8. The van der Waals surface area contributed by atoms with E-state index in [4.69, 9.17) is 0 Å². The summed E-state index contributed by atoms with van der Waals surface area (Å²) in [5, 5.41) is 6.58. The topological polar surface area (TPSA) is 44.4 Å². The number of hydrogen-bond acceptors (Lipinski definition) is 3. The lowest BCUT2D eigenvalue weighted by atomic mass is 9.97. The van der Waals surface area contributed by atoms with E-state index in [1.54, 1.807) is 0 Å². The molecule has 4 unspecified atom stereocenters. The summed E-state index contributed by atoms with van der Waals surface area (Å²) < 4.78 is 0. The lowest BCUT2D eigenvalue weighted by Crippen LogP contribution is -2.52. The van der Waals surface area contributed by atoms with Crippen molar-refractivity contribution in [3.05, 3.63) is 0 Å². The minimum atomic E-state index is -0.0769. The van der Waals surface area contributed by atoms with Crippen molar-refractivity contribution in [3.8, 4) is 0 Å². The maximum Gasteiger partial charge on any atom is 0.237 e. The van der Waals surface area contributed by atoms with Crippen LogP contribution in [0, 0.1) is 0 Å². The Labute approximate surface area is 117 Å². The number of fused-ring (bicyclic) bond motifs is 1. The molecule has 2 fully saturated rings. The van der Waals surface area contributed by atoms with Gasteiger partial charge in [-0.25, -0.2) is 0 Å². The van der Waals surface area contributed by atoms with Gasteiger partial charge in [-0.05, 0) is 59.0 Å². The van der Waals surface area contributed by atoms with Crippen molar-refractivity contribution in [1.29, 1.82) is 0 Å². The Balaban J connectivity index is 1.75. The fourth-order valence-electron chi connectivity index (χ4n) is 3.27. The Kier molecular flexibility index (Phi) is 5.22. The van der Waals surface area contributed by atoms with Crippen LogP contribution in [0.2, 0.25) is 0 Å². The Morgan fingerprint density at radius 2 is 2.11 bits per heavy atom. The van der Waals surface area contributed by atoms with Gasteiger partial charge < -0.3 is 15.5 Å². The molecule has 2 rings (SSSR count). The molecule has 2 heterocycles. The molecule has 0 saturated carbocycles. The van der Waals surface area contributed by atoms with E-state index in [-0.39, 0.29) is 18.0 Å². The predicted molar refractivity (Wildman–Crippen MR) is 78.1 cm³/mol. The van der Waals surface area contributed by atoms with Crippen LogP contribution in [0.3, 0.4) is 0 Å². The number of rotatable bonds is 5. The number of amides is 1. The van der Waals surface area contributed by atoms with Crippen LogP contribution in [0.1, 0.15) is 52.9 Å². The van der Waals surface area contributed by atoms with E-state index in [1.165, 1.54) is 38.8 Å². The van der Waals surface area contributed by atoms with Gasteiger partial charge in [-0.1, -0.05) is 6.92 Å².